The van der Waals surface area contributed by atoms with Crippen molar-refractivity contribution in [2.45, 2.75) is 10.1 Å². The van der Waals surface area contributed by atoms with Crippen LogP contribution in [0.25, 0.3) is 5.69 Å². The van der Waals surface area contributed by atoms with Gasteiger partial charge < -0.3 is 9.47 Å². The molecule has 1 aromatic heterocycles. The Bertz CT molecular complexity index is 956. The molecule has 0 unspecified atom stereocenters. The molecule has 3 aromatic rings. The molecule has 0 saturated heterocycles. The lowest BCUT2D eigenvalue weighted by Crippen LogP contribution is -2.15. The maximum atomic E-state index is 5.66. The summed E-state index contributed by atoms with van der Waals surface area (Å²) in [7, 11) is 0. The van der Waals surface area contributed by atoms with E-state index in [2.05, 4.69) is 21.0 Å². The first-order valence-electron chi connectivity index (χ1n) is 7.57. The predicted molar refractivity (Wildman–Crippen MR) is 107 cm³/mol. The predicted octanol–water partition coefficient (Wildman–Crippen LogP) is 5.49. The lowest BCUT2D eigenvalue weighted by molar-refractivity contribution is 0.171. The van der Waals surface area contributed by atoms with Crippen LogP contribution in [0.5, 0.6) is 11.5 Å². The SMILES string of the molecule is S=c1sc(SCc2cc3c(cc2Br)OCCO3)nn1-c1ccccc1. The third-order valence-electron chi connectivity index (χ3n) is 3.59. The van der Waals surface area contributed by atoms with Crippen molar-refractivity contribution in [3.63, 3.8) is 0 Å². The zero-order valence-electron chi connectivity index (χ0n) is 13.0. The van der Waals surface area contributed by atoms with Crippen molar-refractivity contribution in [3.05, 3.63) is 56.5 Å². The minimum atomic E-state index is 0.587. The summed E-state index contributed by atoms with van der Waals surface area (Å²) in [5, 5.41) is 4.63. The van der Waals surface area contributed by atoms with Crippen molar-refractivity contribution >= 4 is 51.2 Å². The number of ether oxygens (including phenoxy) is 2. The Labute approximate surface area is 166 Å². The molecule has 1 aliphatic heterocycles. The molecule has 0 aliphatic carbocycles. The summed E-state index contributed by atoms with van der Waals surface area (Å²) in [4.78, 5) is 0. The minimum Gasteiger partial charge on any atom is -0.486 e. The second kappa shape index (κ2) is 7.49. The quantitative estimate of drug-likeness (QED) is 0.386. The van der Waals surface area contributed by atoms with E-state index in [4.69, 9.17) is 21.7 Å². The highest BCUT2D eigenvalue weighted by molar-refractivity contribution is 9.10. The molecule has 0 fully saturated rings. The molecule has 2 aromatic carbocycles. The monoisotopic (exact) mass is 452 g/mol. The van der Waals surface area contributed by atoms with E-state index in [0.29, 0.717) is 13.2 Å². The average molecular weight is 453 g/mol. The van der Waals surface area contributed by atoms with E-state index in [1.165, 1.54) is 11.3 Å². The molecular formula is C17H13BrN2O2S3. The van der Waals surface area contributed by atoms with Crippen molar-refractivity contribution in [2.75, 3.05) is 13.2 Å². The van der Waals surface area contributed by atoms with Crippen LogP contribution in [0.2, 0.25) is 0 Å². The Morgan fingerprint density at radius 3 is 2.64 bits per heavy atom. The van der Waals surface area contributed by atoms with Gasteiger partial charge in [-0.05, 0) is 42.0 Å². The van der Waals surface area contributed by atoms with Crippen LogP contribution < -0.4 is 9.47 Å². The molecule has 0 saturated carbocycles. The molecule has 4 rings (SSSR count). The van der Waals surface area contributed by atoms with Gasteiger partial charge in [0, 0.05) is 10.2 Å². The van der Waals surface area contributed by atoms with E-state index >= 15 is 0 Å². The number of thioether (sulfide) groups is 1. The van der Waals surface area contributed by atoms with Crippen molar-refractivity contribution in [1.29, 1.82) is 0 Å². The first kappa shape index (κ1) is 17.1. The fourth-order valence-electron chi connectivity index (χ4n) is 2.41. The van der Waals surface area contributed by atoms with Crippen molar-refractivity contribution in [2.24, 2.45) is 0 Å². The Kier molecular flexibility index (Phi) is 5.12. The van der Waals surface area contributed by atoms with Gasteiger partial charge in [-0.25, -0.2) is 4.68 Å². The fraction of sp³-hybridized carbons (Fsp3) is 0.176. The van der Waals surface area contributed by atoms with Gasteiger partial charge in [-0.1, -0.05) is 57.2 Å². The summed E-state index contributed by atoms with van der Waals surface area (Å²) < 4.78 is 15.8. The van der Waals surface area contributed by atoms with E-state index in [1.807, 2.05) is 42.5 Å². The number of aromatic nitrogens is 2. The molecule has 2 heterocycles. The molecule has 8 heteroatoms. The van der Waals surface area contributed by atoms with Gasteiger partial charge in [0.05, 0.1) is 5.69 Å². The molecule has 0 bridgehead atoms. The van der Waals surface area contributed by atoms with Gasteiger partial charge in [-0.15, -0.1) is 5.10 Å². The van der Waals surface area contributed by atoms with Gasteiger partial charge in [0.15, 0.2) is 19.8 Å². The van der Waals surface area contributed by atoms with Crippen molar-refractivity contribution in [1.82, 2.24) is 9.78 Å². The Morgan fingerprint density at radius 1 is 1.16 bits per heavy atom. The zero-order chi connectivity index (χ0) is 17.2. The summed E-state index contributed by atoms with van der Waals surface area (Å²) in [5.41, 5.74) is 2.12. The van der Waals surface area contributed by atoms with Crippen molar-refractivity contribution < 1.29 is 9.47 Å². The van der Waals surface area contributed by atoms with Crippen LogP contribution in [0.15, 0.2) is 51.3 Å². The Balaban J connectivity index is 1.53. The van der Waals surface area contributed by atoms with Gasteiger partial charge in [-0.3, -0.25) is 0 Å². The Morgan fingerprint density at radius 2 is 1.88 bits per heavy atom. The molecule has 0 atom stereocenters. The van der Waals surface area contributed by atoms with Crippen LogP contribution in [-0.2, 0) is 5.75 Å². The minimum absolute atomic E-state index is 0.587. The summed E-state index contributed by atoms with van der Waals surface area (Å²) in [6.07, 6.45) is 0. The van der Waals surface area contributed by atoms with E-state index < -0.39 is 0 Å². The lowest BCUT2D eigenvalue weighted by atomic mass is 10.2. The van der Waals surface area contributed by atoms with Crippen LogP contribution in [-0.4, -0.2) is 23.0 Å². The number of hydrogen-bond donors (Lipinski definition) is 0. The number of fused-ring (bicyclic) bond motifs is 1. The van der Waals surface area contributed by atoms with Gasteiger partial charge in [-0.2, -0.15) is 0 Å². The highest BCUT2D eigenvalue weighted by Gasteiger charge is 2.15. The van der Waals surface area contributed by atoms with Crippen LogP contribution in [0.4, 0.5) is 0 Å². The summed E-state index contributed by atoms with van der Waals surface area (Å²) in [6, 6.07) is 13.9. The second-order valence-electron chi connectivity index (χ2n) is 5.26. The lowest BCUT2D eigenvalue weighted by Gasteiger charge is -2.19. The topological polar surface area (TPSA) is 36.3 Å². The summed E-state index contributed by atoms with van der Waals surface area (Å²) in [5.74, 6) is 2.36. The standard InChI is InChI=1S/C17H13BrN2O2S3/c18-13-9-15-14(21-6-7-22-15)8-11(13)10-24-16-19-20(17(23)25-16)12-4-2-1-3-5-12/h1-5,8-9H,6-7,10H2. The number of nitrogens with zero attached hydrogens (tertiary/aromatic N) is 2. The summed E-state index contributed by atoms with van der Waals surface area (Å²) in [6.45, 7) is 1.18. The molecular weight excluding hydrogens is 440 g/mol. The number of benzene rings is 2. The van der Waals surface area contributed by atoms with E-state index in [0.717, 1.165) is 41.3 Å². The highest BCUT2D eigenvalue weighted by atomic mass is 79.9. The normalized spacial score (nSPS) is 13.0. The summed E-state index contributed by atoms with van der Waals surface area (Å²) >= 11 is 12.2. The number of hydrogen-bond acceptors (Lipinski definition) is 6. The maximum absolute atomic E-state index is 5.66. The van der Waals surface area contributed by atoms with Gasteiger partial charge in [0.25, 0.3) is 0 Å². The third-order valence-corrected chi connectivity index (χ3v) is 6.74. The molecule has 0 amide bonds. The van der Waals surface area contributed by atoms with Crippen LogP contribution in [0.1, 0.15) is 5.56 Å². The maximum Gasteiger partial charge on any atom is 0.184 e. The zero-order valence-corrected chi connectivity index (χ0v) is 17.0. The molecule has 0 radical (unpaired) electrons. The first-order valence-corrected chi connectivity index (χ1v) is 10.6. The Hall–Kier alpha value is -1.35. The second-order valence-corrected chi connectivity index (χ2v) is 8.96. The van der Waals surface area contributed by atoms with Gasteiger partial charge in [0.2, 0.25) is 0 Å². The molecule has 4 nitrogen and oxygen atoms in total. The first-order chi connectivity index (χ1) is 12.2. The molecule has 0 N–H and O–H groups in total. The highest BCUT2D eigenvalue weighted by Crippen LogP contribution is 2.38. The number of halogens is 1. The smallest absolute Gasteiger partial charge is 0.184 e. The van der Waals surface area contributed by atoms with Crippen LogP contribution >= 0.6 is 51.2 Å². The number of rotatable bonds is 4. The van der Waals surface area contributed by atoms with Gasteiger partial charge >= 0.3 is 0 Å². The van der Waals surface area contributed by atoms with E-state index in [-0.39, 0.29) is 0 Å². The van der Waals surface area contributed by atoms with Gasteiger partial charge in [0.1, 0.15) is 13.2 Å². The van der Waals surface area contributed by atoms with Crippen molar-refractivity contribution in [3.8, 4) is 17.2 Å². The molecule has 25 heavy (non-hydrogen) atoms. The molecule has 0 spiro atoms. The number of para-hydroxylation sites is 1. The van der Waals surface area contributed by atoms with E-state index in [9.17, 15) is 0 Å². The van der Waals surface area contributed by atoms with E-state index in [1.54, 1.807) is 16.4 Å². The van der Waals surface area contributed by atoms with Crippen LogP contribution in [0, 0.1) is 3.95 Å². The average Bonchev–Trinajstić information content (AvgIpc) is 3.01. The molecule has 1 aliphatic rings. The molecule has 128 valence electrons. The van der Waals surface area contributed by atoms with Crippen LogP contribution in [0.3, 0.4) is 0 Å². The largest absolute Gasteiger partial charge is 0.486 e. The third kappa shape index (κ3) is 3.76. The fourth-order valence-corrected chi connectivity index (χ4v) is 5.41.